The van der Waals surface area contributed by atoms with Crippen molar-refractivity contribution in [2.45, 2.75) is 32.1 Å². The number of ether oxygens (including phenoxy) is 1. The maximum absolute atomic E-state index is 6.06. The molecule has 4 nitrogen and oxygen atoms in total. The van der Waals surface area contributed by atoms with E-state index in [0.717, 1.165) is 50.5 Å². The zero-order valence-corrected chi connectivity index (χ0v) is 15.8. The Kier molecular flexibility index (Phi) is 5.83. The van der Waals surface area contributed by atoms with Crippen molar-refractivity contribution >= 4 is 11.9 Å². The third kappa shape index (κ3) is 4.97. The van der Waals surface area contributed by atoms with E-state index in [9.17, 15) is 0 Å². The molecule has 1 aliphatic heterocycles. The molecular formula is C23H27N3O. The van der Waals surface area contributed by atoms with Gasteiger partial charge in [-0.3, -0.25) is 0 Å². The van der Waals surface area contributed by atoms with Crippen LogP contribution in [0.15, 0.2) is 60.3 Å². The highest BCUT2D eigenvalue weighted by Crippen LogP contribution is 2.25. The van der Waals surface area contributed by atoms with E-state index >= 15 is 0 Å². The Morgan fingerprint density at radius 3 is 2.81 bits per heavy atom. The molecule has 1 atom stereocenters. The Bertz CT molecular complexity index is 790. The third-order valence-electron chi connectivity index (χ3n) is 5.38. The predicted molar refractivity (Wildman–Crippen MR) is 110 cm³/mol. The van der Waals surface area contributed by atoms with Crippen LogP contribution in [0.4, 0.5) is 5.82 Å². The first-order chi connectivity index (χ1) is 13.4. The SMILES string of the molecule is C1=CCC(COc2cccc(C=C3CCN(c4cccnn4)CC3)c2)CC1. The van der Waals surface area contributed by atoms with E-state index in [1.54, 1.807) is 6.20 Å². The van der Waals surface area contributed by atoms with Crippen LogP contribution in [0.2, 0.25) is 0 Å². The molecule has 1 saturated heterocycles. The van der Waals surface area contributed by atoms with Crippen LogP contribution in [-0.4, -0.2) is 29.9 Å². The highest BCUT2D eigenvalue weighted by atomic mass is 16.5. The summed E-state index contributed by atoms with van der Waals surface area (Å²) in [6.07, 6.45) is 14.3. The number of hydrogen-bond donors (Lipinski definition) is 0. The van der Waals surface area contributed by atoms with E-state index < -0.39 is 0 Å². The lowest BCUT2D eigenvalue weighted by Gasteiger charge is -2.29. The van der Waals surface area contributed by atoms with Crippen molar-refractivity contribution in [1.29, 1.82) is 0 Å². The lowest BCUT2D eigenvalue weighted by atomic mass is 9.95. The van der Waals surface area contributed by atoms with Crippen LogP contribution in [0.5, 0.6) is 5.75 Å². The van der Waals surface area contributed by atoms with Gasteiger partial charge in [-0.25, -0.2) is 0 Å². The first-order valence-corrected chi connectivity index (χ1v) is 9.97. The van der Waals surface area contributed by atoms with Crippen molar-refractivity contribution in [3.8, 4) is 5.75 Å². The number of nitrogens with zero attached hydrogens (tertiary/aromatic N) is 3. The van der Waals surface area contributed by atoms with Crippen LogP contribution in [-0.2, 0) is 0 Å². The Balaban J connectivity index is 1.33. The molecule has 0 bridgehead atoms. The van der Waals surface area contributed by atoms with Crippen molar-refractivity contribution in [1.82, 2.24) is 10.2 Å². The minimum atomic E-state index is 0.655. The average molecular weight is 361 g/mol. The Labute approximate surface area is 161 Å². The Hall–Kier alpha value is -2.62. The molecule has 2 heterocycles. The monoisotopic (exact) mass is 361 g/mol. The van der Waals surface area contributed by atoms with Gasteiger partial charge in [0, 0.05) is 19.3 Å². The molecule has 2 aliphatic rings. The van der Waals surface area contributed by atoms with E-state index in [4.69, 9.17) is 4.74 Å². The quantitative estimate of drug-likeness (QED) is 0.710. The van der Waals surface area contributed by atoms with Gasteiger partial charge in [-0.15, -0.1) is 5.10 Å². The van der Waals surface area contributed by atoms with Gasteiger partial charge in [0.05, 0.1) is 6.61 Å². The van der Waals surface area contributed by atoms with Crippen molar-refractivity contribution in [3.63, 3.8) is 0 Å². The maximum Gasteiger partial charge on any atom is 0.151 e. The summed E-state index contributed by atoms with van der Waals surface area (Å²) >= 11 is 0. The van der Waals surface area contributed by atoms with Gasteiger partial charge in [0.1, 0.15) is 5.75 Å². The molecule has 1 aliphatic carbocycles. The van der Waals surface area contributed by atoms with Gasteiger partial charge >= 0.3 is 0 Å². The molecule has 140 valence electrons. The second kappa shape index (κ2) is 8.85. The van der Waals surface area contributed by atoms with Crippen LogP contribution in [0.3, 0.4) is 0 Å². The molecule has 4 rings (SSSR count). The zero-order chi connectivity index (χ0) is 18.3. The Morgan fingerprint density at radius 2 is 2.04 bits per heavy atom. The van der Waals surface area contributed by atoms with Crippen molar-refractivity contribution in [3.05, 3.63) is 65.9 Å². The van der Waals surface area contributed by atoms with Crippen LogP contribution < -0.4 is 9.64 Å². The number of benzene rings is 1. The van der Waals surface area contributed by atoms with Crippen molar-refractivity contribution in [2.75, 3.05) is 24.6 Å². The zero-order valence-electron chi connectivity index (χ0n) is 15.8. The molecule has 1 aromatic heterocycles. The molecule has 0 radical (unpaired) electrons. The van der Waals surface area contributed by atoms with Crippen LogP contribution in [0, 0.1) is 5.92 Å². The lowest BCUT2D eigenvalue weighted by molar-refractivity contribution is 0.239. The summed E-state index contributed by atoms with van der Waals surface area (Å²) < 4.78 is 6.06. The summed E-state index contributed by atoms with van der Waals surface area (Å²) in [6.45, 7) is 2.81. The van der Waals surface area contributed by atoms with Gasteiger partial charge < -0.3 is 9.64 Å². The van der Waals surface area contributed by atoms with Crippen LogP contribution in [0.25, 0.3) is 6.08 Å². The summed E-state index contributed by atoms with van der Waals surface area (Å²) in [4.78, 5) is 2.31. The molecule has 1 unspecified atom stereocenters. The fourth-order valence-electron chi connectivity index (χ4n) is 3.78. The first kappa shape index (κ1) is 17.8. The van der Waals surface area contributed by atoms with Crippen molar-refractivity contribution < 1.29 is 4.74 Å². The number of rotatable bonds is 5. The van der Waals surface area contributed by atoms with Gasteiger partial charge in [-0.1, -0.05) is 35.9 Å². The highest BCUT2D eigenvalue weighted by molar-refractivity contribution is 5.56. The largest absolute Gasteiger partial charge is 0.493 e. The molecule has 0 N–H and O–H groups in total. The third-order valence-corrected chi connectivity index (χ3v) is 5.38. The molecule has 0 saturated carbocycles. The molecule has 27 heavy (non-hydrogen) atoms. The number of allylic oxidation sites excluding steroid dienone is 2. The molecular weight excluding hydrogens is 334 g/mol. The molecule has 4 heteroatoms. The molecule has 0 spiro atoms. The minimum Gasteiger partial charge on any atom is -0.493 e. The normalized spacial score (nSPS) is 19.8. The van der Waals surface area contributed by atoms with Gasteiger partial charge in [0.2, 0.25) is 0 Å². The molecule has 1 fully saturated rings. The van der Waals surface area contributed by atoms with Gasteiger partial charge in [-0.05, 0) is 67.9 Å². The van der Waals surface area contributed by atoms with Gasteiger partial charge in [0.15, 0.2) is 5.82 Å². The molecule has 2 aromatic rings. The predicted octanol–water partition coefficient (Wildman–Crippen LogP) is 4.90. The smallest absolute Gasteiger partial charge is 0.151 e. The summed E-state index contributed by atoms with van der Waals surface area (Å²) in [5.74, 6) is 2.61. The second-order valence-corrected chi connectivity index (χ2v) is 7.41. The average Bonchev–Trinajstić information content (AvgIpc) is 2.75. The highest BCUT2D eigenvalue weighted by Gasteiger charge is 2.15. The number of aromatic nitrogens is 2. The summed E-state index contributed by atoms with van der Waals surface area (Å²) in [6, 6.07) is 12.5. The summed E-state index contributed by atoms with van der Waals surface area (Å²) in [7, 11) is 0. The lowest BCUT2D eigenvalue weighted by Crippen LogP contribution is -2.31. The summed E-state index contributed by atoms with van der Waals surface area (Å²) in [5.41, 5.74) is 2.73. The van der Waals surface area contributed by atoms with Gasteiger partial charge in [0.25, 0.3) is 0 Å². The van der Waals surface area contributed by atoms with E-state index in [-0.39, 0.29) is 0 Å². The van der Waals surface area contributed by atoms with Gasteiger partial charge in [-0.2, -0.15) is 5.10 Å². The number of anilines is 1. The fourth-order valence-corrected chi connectivity index (χ4v) is 3.78. The van der Waals surface area contributed by atoms with Crippen molar-refractivity contribution in [2.24, 2.45) is 5.92 Å². The second-order valence-electron chi connectivity index (χ2n) is 7.41. The van der Waals surface area contributed by atoms with E-state index in [2.05, 4.69) is 57.6 Å². The number of piperidine rings is 1. The fraction of sp³-hybridized carbons (Fsp3) is 0.391. The maximum atomic E-state index is 6.06. The summed E-state index contributed by atoms with van der Waals surface area (Å²) in [5, 5.41) is 8.20. The minimum absolute atomic E-state index is 0.655. The standard InChI is InChI=1S/C23H27N3O/c1-2-6-20(7-3-1)18-27-22-9-4-8-21(17-22)16-19-11-14-26(15-12-19)23-10-5-13-24-25-23/h1-2,4-5,8-10,13,16-17,20H,3,6-7,11-12,14-15,18H2. The number of hydrogen-bond acceptors (Lipinski definition) is 4. The Morgan fingerprint density at radius 1 is 1.11 bits per heavy atom. The van der Waals surface area contributed by atoms with E-state index in [1.165, 1.54) is 24.0 Å². The molecule has 0 amide bonds. The van der Waals surface area contributed by atoms with Crippen LogP contribution >= 0.6 is 0 Å². The molecule has 1 aromatic carbocycles. The van der Waals surface area contributed by atoms with Crippen LogP contribution in [0.1, 0.15) is 37.7 Å². The first-order valence-electron chi connectivity index (χ1n) is 9.97. The van der Waals surface area contributed by atoms with E-state index in [1.807, 2.05) is 12.1 Å². The van der Waals surface area contributed by atoms with E-state index in [0.29, 0.717) is 5.92 Å². The topological polar surface area (TPSA) is 38.2 Å².